The van der Waals surface area contributed by atoms with Crippen LogP contribution in [0.15, 0.2) is 0 Å². The van der Waals surface area contributed by atoms with Gasteiger partial charge < -0.3 is 0 Å². The summed E-state index contributed by atoms with van der Waals surface area (Å²) in [7, 11) is -6.64. The summed E-state index contributed by atoms with van der Waals surface area (Å²) in [5.41, 5.74) is 0. The zero-order chi connectivity index (χ0) is 13.3. The quantitative estimate of drug-likeness (QED) is 0.658. The normalized spacial score (nSPS) is 22.5. The molecule has 1 saturated heterocycles. The van der Waals surface area contributed by atoms with Gasteiger partial charge >= 0.3 is 0 Å². The molecule has 6 nitrogen and oxygen atoms in total. The Hall–Kier alpha value is 0.110. The molecule has 9 heteroatoms. The van der Waals surface area contributed by atoms with Crippen LogP contribution in [0, 0.1) is 0 Å². The first-order chi connectivity index (χ1) is 7.69. The van der Waals surface area contributed by atoms with Gasteiger partial charge in [-0.05, 0) is 6.92 Å². The molecule has 0 spiro atoms. The molecule has 0 aromatic carbocycles. The average Bonchev–Trinajstić information content (AvgIpc) is 2.27. The highest BCUT2D eigenvalue weighted by atomic mass is 35.5. The van der Waals surface area contributed by atoms with Gasteiger partial charge in [0.2, 0.25) is 20.0 Å². The average molecular weight is 305 g/mol. The molecule has 0 aromatic heterocycles. The van der Waals surface area contributed by atoms with Crippen molar-refractivity contribution < 1.29 is 16.8 Å². The Bertz CT molecular complexity index is 454. The van der Waals surface area contributed by atoms with Crippen LogP contribution in [0.25, 0.3) is 0 Å². The standard InChI is InChI=1S/C8H17ClN2O4S2/c1-8(7-9)17(14,15)11-5-3-10(4-6-11)16(2,12)13/h8H,3-7H2,1-2H3. The summed E-state index contributed by atoms with van der Waals surface area (Å²) in [6.45, 7) is 2.33. The Labute approximate surface area is 108 Å². The van der Waals surface area contributed by atoms with Crippen LogP contribution in [-0.2, 0) is 20.0 Å². The second-order valence-electron chi connectivity index (χ2n) is 4.07. The van der Waals surface area contributed by atoms with E-state index in [0.29, 0.717) is 0 Å². The van der Waals surface area contributed by atoms with Crippen LogP contribution in [0.1, 0.15) is 6.92 Å². The van der Waals surface area contributed by atoms with Crippen LogP contribution in [0.5, 0.6) is 0 Å². The molecule has 0 saturated carbocycles. The van der Waals surface area contributed by atoms with Crippen molar-refractivity contribution in [1.82, 2.24) is 8.61 Å². The maximum atomic E-state index is 11.9. The number of halogens is 1. The molecule has 0 radical (unpaired) electrons. The zero-order valence-electron chi connectivity index (χ0n) is 9.83. The molecular weight excluding hydrogens is 288 g/mol. The predicted octanol–water partition coefficient (Wildman–Crippen LogP) is -0.479. The van der Waals surface area contributed by atoms with Gasteiger partial charge in [-0.2, -0.15) is 8.61 Å². The molecule has 17 heavy (non-hydrogen) atoms. The lowest BCUT2D eigenvalue weighted by Crippen LogP contribution is -2.52. The Morgan fingerprint density at radius 1 is 1.06 bits per heavy atom. The van der Waals surface area contributed by atoms with Crippen LogP contribution in [0.2, 0.25) is 0 Å². The first kappa shape index (κ1) is 15.2. The van der Waals surface area contributed by atoms with E-state index in [-0.39, 0.29) is 32.1 Å². The topological polar surface area (TPSA) is 74.8 Å². The monoisotopic (exact) mass is 304 g/mol. The smallest absolute Gasteiger partial charge is 0.213 e. The SMILES string of the molecule is CC(CCl)S(=O)(=O)N1CCN(S(C)(=O)=O)CC1. The van der Waals surface area contributed by atoms with E-state index in [1.165, 1.54) is 8.61 Å². The van der Waals surface area contributed by atoms with Gasteiger partial charge in [-0.3, -0.25) is 0 Å². The summed E-state index contributed by atoms with van der Waals surface area (Å²) in [4.78, 5) is 0. The number of hydrogen-bond acceptors (Lipinski definition) is 4. The molecule has 0 N–H and O–H groups in total. The first-order valence-corrected chi connectivity index (χ1v) is 9.08. The number of rotatable bonds is 4. The van der Waals surface area contributed by atoms with E-state index in [0.717, 1.165) is 6.26 Å². The molecule has 102 valence electrons. The minimum absolute atomic E-state index is 0.0363. The van der Waals surface area contributed by atoms with Gasteiger partial charge in [-0.15, -0.1) is 11.6 Å². The summed E-state index contributed by atoms with van der Waals surface area (Å²) in [6, 6.07) is 0. The summed E-state index contributed by atoms with van der Waals surface area (Å²) in [6.07, 6.45) is 1.12. The van der Waals surface area contributed by atoms with Crippen molar-refractivity contribution in [3.8, 4) is 0 Å². The van der Waals surface area contributed by atoms with Gasteiger partial charge in [0.15, 0.2) is 0 Å². The van der Waals surface area contributed by atoms with E-state index in [9.17, 15) is 16.8 Å². The van der Waals surface area contributed by atoms with Gasteiger partial charge in [0.25, 0.3) is 0 Å². The van der Waals surface area contributed by atoms with Crippen LogP contribution < -0.4 is 0 Å². The van der Waals surface area contributed by atoms with Crippen LogP contribution in [0.3, 0.4) is 0 Å². The Balaban J connectivity index is 2.71. The number of alkyl halides is 1. The van der Waals surface area contributed by atoms with Gasteiger partial charge in [0.1, 0.15) is 0 Å². The summed E-state index contributed by atoms with van der Waals surface area (Å²) < 4.78 is 49.0. The summed E-state index contributed by atoms with van der Waals surface area (Å²) in [5.74, 6) is 0.0363. The molecule has 1 aliphatic heterocycles. The third-order valence-corrected chi connectivity index (χ3v) is 6.97. The third kappa shape index (κ3) is 3.54. The number of nitrogens with zero attached hydrogens (tertiary/aromatic N) is 2. The Kier molecular flexibility index (Phi) is 4.81. The molecule has 1 fully saturated rings. The zero-order valence-corrected chi connectivity index (χ0v) is 12.2. The fourth-order valence-electron chi connectivity index (χ4n) is 1.59. The molecule has 1 unspecified atom stereocenters. The molecule has 1 rings (SSSR count). The second kappa shape index (κ2) is 5.40. The maximum Gasteiger partial charge on any atom is 0.217 e. The molecule has 1 heterocycles. The van der Waals surface area contributed by atoms with Crippen molar-refractivity contribution in [2.45, 2.75) is 12.2 Å². The van der Waals surface area contributed by atoms with E-state index >= 15 is 0 Å². The highest BCUT2D eigenvalue weighted by molar-refractivity contribution is 7.89. The lowest BCUT2D eigenvalue weighted by molar-refractivity contribution is 0.272. The molecule has 0 amide bonds. The fourth-order valence-corrected chi connectivity index (χ4v) is 4.23. The summed E-state index contributed by atoms with van der Waals surface area (Å²) in [5, 5.41) is -0.644. The second-order valence-corrected chi connectivity index (χ2v) is 8.71. The first-order valence-electron chi connectivity index (χ1n) is 5.19. The van der Waals surface area contributed by atoms with E-state index in [4.69, 9.17) is 11.6 Å². The lowest BCUT2D eigenvalue weighted by Gasteiger charge is -2.33. The van der Waals surface area contributed by atoms with Gasteiger partial charge in [-0.25, -0.2) is 16.8 Å². The predicted molar refractivity (Wildman–Crippen MR) is 67.1 cm³/mol. The molecular formula is C8H17ClN2O4S2. The van der Waals surface area contributed by atoms with Crippen molar-refractivity contribution in [1.29, 1.82) is 0 Å². The Morgan fingerprint density at radius 2 is 1.47 bits per heavy atom. The van der Waals surface area contributed by atoms with Gasteiger partial charge in [0.05, 0.1) is 11.5 Å². The highest BCUT2D eigenvalue weighted by Gasteiger charge is 2.33. The number of piperazine rings is 1. The van der Waals surface area contributed by atoms with Crippen LogP contribution in [0.4, 0.5) is 0 Å². The molecule has 0 bridgehead atoms. The van der Waals surface area contributed by atoms with Gasteiger partial charge in [0, 0.05) is 32.1 Å². The van der Waals surface area contributed by atoms with E-state index in [1.54, 1.807) is 6.92 Å². The van der Waals surface area contributed by atoms with E-state index in [1.807, 2.05) is 0 Å². The van der Waals surface area contributed by atoms with E-state index < -0.39 is 25.3 Å². The van der Waals surface area contributed by atoms with Crippen molar-refractivity contribution in [2.24, 2.45) is 0 Å². The molecule has 0 aliphatic carbocycles. The van der Waals surface area contributed by atoms with Crippen LogP contribution in [-0.4, -0.2) is 69.0 Å². The minimum Gasteiger partial charge on any atom is -0.213 e. The van der Waals surface area contributed by atoms with Gasteiger partial charge in [-0.1, -0.05) is 0 Å². The lowest BCUT2D eigenvalue weighted by atomic mass is 10.4. The fraction of sp³-hybridized carbons (Fsp3) is 1.00. The van der Waals surface area contributed by atoms with E-state index in [2.05, 4.69) is 0 Å². The minimum atomic E-state index is -3.40. The maximum absolute atomic E-state index is 11.9. The largest absolute Gasteiger partial charge is 0.217 e. The molecule has 0 aromatic rings. The van der Waals surface area contributed by atoms with Crippen molar-refractivity contribution in [2.75, 3.05) is 38.3 Å². The van der Waals surface area contributed by atoms with Crippen LogP contribution >= 0.6 is 11.6 Å². The molecule has 1 aliphatic rings. The summed E-state index contributed by atoms with van der Waals surface area (Å²) >= 11 is 5.54. The van der Waals surface area contributed by atoms with Crippen molar-refractivity contribution >= 4 is 31.6 Å². The molecule has 1 atom stereocenters. The number of sulfonamides is 2. The third-order valence-electron chi connectivity index (χ3n) is 2.75. The highest BCUT2D eigenvalue weighted by Crippen LogP contribution is 2.14. The van der Waals surface area contributed by atoms with Crippen molar-refractivity contribution in [3.63, 3.8) is 0 Å². The number of hydrogen-bond donors (Lipinski definition) is 0. The van der Waals surface area contributed by atoms with Crippen molar-refractivity contribution in [3.05, 3.63) is 0 Å². The Morgan fingerprint density at radius 3 is 1.82 bits per heavy atom.